The number of ether oxygens (including phenoxy) is 1. The highest BCUT2D eigenvalue weighted by Crippen LogP contribution is 2.34. The van der Waals surface area contributed by atoms with Gasteiger partial charge in [-0.2, -0.15) is 0 Å². The van der Waals surface area contributed by atoms with E-state index in [1.807, 2.05) is 27.7 Å². The molecule has 1 aliphatic rings. The van der Waals surface area contributed by atoms with Crippen LogP contribution in [-0.4, -0.2) is 17.6 Å². The molecule has 0 amide bonds. The lowest BCUT2D eigenvalue weighted by Crippen LogP contribution is -2.53. The fraction of sp³-hybridized carbons (Fsp3) is 0.933. The summed E-state index contributed by atoms with van der Waals surface area (Å²) in [5, 5.41) is 0. The Morgan fingerprint density at radius 3 is 1.89 bits per heavy atom. The van der Waals surface area contributed by atoms with Gasteiger partial charge in [0.1, 0.15) is 6.10 Å². The SMILES string of the molecule is CC1CC(C)CC(OC(=O)C(C)(C)C(C)(C)N)C1. The Morgan fingerprint density at radius 2 is 1.50 bits per heavy atom. The molecule has 0 heterocycles. The lowest BCUT2D eigenvalue weighted by Gasteiger charge is -2.39. The molecule has 0 aromatic carbocycles. The number of esters is 1. The Kier molecular flexibility index (Phi) is 4.47. The summed E-state index contributed by atoms with van der Waals surface area (Å²) in [4.78, 5) is 12.3. The van der Waals surface area contributed by atoms with Crippen molar-refractivity contribution < 1.29 is 9.53 Å². The van der Waals surface area contributed by atoms with Gasteiger partial charge in [0.05, 0.1) is 5.41 Å². The normalized spacial score (nSPS) is 30.1. The summed E-state index contributed by atoms with van der Waals surface area (Å²) in [7, 11) is 0. The fourth-order valence-electron chi connectivity index (χ4n) is 2.53. The summed E-state index contributed by atoms with van der Waals surface area (Å²) in [5.41, 5.74) is 4.84. The molecule has 1 fully saturated rings. The average molecular weight is 255 g/mol. The summed E-state index contributed by atoms with van der Waals surface area (Å²) in [6.07, 6.45) is 3.27. The van der Waals surface area contributed by atoms with Crippen LogP contribution >= 0.6 is 0 Å². The van der Waals surface area contributed by atoms with Crippen LogP contribution in [0.25, 0.3) is 0 Å². The molecule has 0 bridgehead atoms. The third kappa shape index (κ3) is 3.47. The molecule has 0 radical (unpaired) electrons. The number of hydrogen-bond donors (Lipinski definition) is 1. The van der Waals surface area contributed by atoms with E-state index < -0.39 is 11.0 Å². The van der Waals surface area contributed by atoms with Gasteiger partial charge in [-0.3, -0.25) is 4.79 Å². The molecule has 1 saturated carbocycles. The molecule has 2 N–H and O–H groups in total. The van der Waals surface area contributed by atoms with E-state index in [0.717, 1.165) is 12.8 Å². The fourth-order valence-corrected chi connectivity index (χ4v) is 2.53. The average Bonchev–Trinajstić information content (AvgIpc) is 2.13. The molecule has 0 aliphatic heterocycles. The van der Waals surface area contributed by atoms with Crippen molar-refractivity contribution in [1.82, 2.24) is 0 Å². The minimum Gasteiger partial charge on any atom is -0.462 e. The first-order valence-corrected chi connectivity index (χ1v) is 7.04. The van der Waals surface area contributed by atoms with Crippen molar-refractivity contribution >= 4 is 5.97 Å². The molecule has 0 aromatic heterocycles. The molecule has 3 nitrogen and oxygen atoms in total. The van der Waals surface area contributed by atoms with Crippen LogP contribution in [0.15, 0.2) is 0 Å². The van der Waals surface area contributed by atoms with Gasteiger partial charge >= 0.3 is 5.97 Å². The highest BCUT2D eigenvalue weighted by molar-refractivity contribution is 5.77. The van der Waals surface area contributed by atoms with E-state index in [-0.39, 0.29) is 12.1 Å². The highest BCUT2D eigenvalue weighted by Gasteiger charge is 2.43. The Labute approximate surface area is 111 Å². The number of nitrogens with two attached hydrogens (primary N) is 1. The lowest BCUT2D eigenvalue weighted by molar-refractivity contribution is -0.166. The third-order valence-corrected chi connectivity index (χ3v) is 4.53. The summed E-state index contributed by atoms with van der Waals surface area (Å²) >= 11 is 0. The van der Waals surface area contributed by atoms with Gasteiger partial charge in [0.25, 0.3) is 0 Å². The zero-order valence-corrected chi connectivity index (χ0v) is 12.7. The van der Waals surface area contributed by atoms with Crippen molar-refractivity contribution in [2.24, 2.45) is 23.0 Å². The van der Waals surface area contributed by atoms with Gasteiger partial charge < -0.3 is 10.5 Å². The minimum absolute atomic E-state index is 0.0675. The topological polar surface area (TPSA) is 52.3 Å². The first-order valence-electron chi connectivity index (χ1n) is 7.04. The molecule has 106 valence electrons. The number of rotatable bonds is 3. The first-order chi connectivity index (χ1) is 8.04. The van der Waals surface area contributed by atoms with Crippen LogP contribution in [-0.2, 0) is 9.53 Å². The zero-order valence-electron chi connectivity index (χ0n) is 12.7. The molecule has 0 spiro atoms. The molecule has 0 aromatic rings. The van der Waals surface area contributed by atoms with Crippen LogP contribution < -0.4 is 5.73 Å². The predicted molar refractivity (Wildman–Crippen MR) is 74.1 cm³/mol. The molecular formula is C15H29NO2. The van der Waals surface area contributed by atoms with Crippen molar-refractivity contribution in [3.05, 3.63) is 0 Å². The second-order valence-electron chi connectivity index (χ2n) is 7.29. The third-order valence-electron chi connectivity index (χ3n) is 4.53. The van der Waals surface area contributed by atoms with Gasteiger partial charge in [-0.05, 0) is 58.8 Å². The Morgan fingerprint density at radius 1 is 1.06 bits per heavy atom. The monoisotopic (exact) mass is 255 g/mol. The number of carbonyl (C=O) groups is 1. The van der Waals surface area contributed by atoms with Crippen LogP contribution in [0.3, 0.4) is 0 Å². The van der Waals surface area contributed by atoms with Gasteiger partial charge in [-0.15, -0.1) is 0 Å². The Hall–Kier alpha value is -0.570. The van der Waals surface area contributed by atoms with Gasteiger partial charge in [-0.1, -0.05) is 13.8 Å². The van der Waals surface area contributed by atoms with Gasteiger partial charge in [-0.25, -0.2) is 0 Å². The van der Waals surface area contributed by atoms with Crippen LogP contribution in [0.2, 0.25) is 0 Å². The quantitative estimate of drug-likeness (QED) is 0.788. The maximum atomic E-state index is 12.3. The summed E-state index contributed by atoms with van der Waals surface area (Å²) in [6, 6.07) is 0. The Bertz CT molecular complexity index is 294. The van der Waals surface area contributed by atoms with E-state index in [9.17, 15) is 4.79 Å². The second kappa shape index (κ2) is 5.20. The molecule has 3 heteroatoms. The maximum absolute atomic E-state index is 12.3. The van der Waals surface area contributed by atoms with Crippen LogP contribution in [0, 0.1) is 17.3 Å². The largest absolute Gasteiger partial charge is 0.462 e. The summed E-state index contributed by atoms with van der Waals surface area (Å²) < 4.78 is 5.70. The van der Waals surface area contributed by atoms with E-state index >= 15 is 0 Å². The van der Waals surface area contributed by atoms with Crippen LogP contribution in [0.1, 0.15) is 60.8 Å². The van der Waals surface area contributed by atoms with Gasteiger partial charge in [0.2, 0.25) is 0 Å². The van der Waals surface area contributed by atoms with Crippen molar-refractivity contribution in [2.75, 3.05) is 0 Å². The van der Waals surface area contributed by atoms with E-state index in [2.05, 4.69) is 13.8 Å². The van der Waals surface area contributed by atoms with Gasteiger partial charge in [0, 0.05) is 5.54 Å². The smallest absolute Gasteiger partial charge is 0.313 e. The molecule has 1 aliphatic carbocycles. The molecule has 18 heavy (non-hydrogen) atoms. The predicted octanol–water partition coefficient (Wildman–Crippen LogP) is 3.12. The number of hydrogen-bond acceptors (Lipinski definition) is 3. The maximum Gasteiger partial charge on any atom is 0.313 e. The molecular weight excluding hydrogens is 226 g/mol. The minimum atomic E-state index is -0.656. The van der Waals surface area contributed by atoms with Crippen molar-refractivity contribution in [3.63, 3.8) is 0 Å². The molecule has 0 saturated heterocycles. The summed E-state index contributed by atoms with van der Waals surface area (Å²) in [5.74, 6) is 1.11. The van der Waals surface area contributed by atoms with Gasteiger partial charge in [0.15, 0.2) is 0 Å². The molecule has 1 rings (SSSR count). The highest BCUT2D eigenvalue weighted by atomic mass is 16.5. The van der Waals surface area contributed by atoms with Crippen LogP contribution in [0.4, 0.5) is 0 Å². The second-order valence-corrected chi connectivity index (χ2v) is 7.29. The van der Waals surface area contributed by atoms with E-state index in [1.54, 1.807) is 0 Å². The molecule has 2 unspecified atom stereocenters. The number of carbonyl (C=O) groups excluding carboxylic acids is 1. The Balaban J connectivity index is 2.65. The summed E-state index contributed by atoms with van der Waals surface area (Å²) in [6.45, 7) is 11.9. The van der Waals surface area contributed by atoms with E-state index in [1.165, 1.54) is 6.42 Å². The van der Waals surface area contributed by atoms with E-state index in [4.69, 9.17) is 10.5 Å². The van der Waals surface area contributed by atoms with Crippen molar-refractivity contribution in [1.29, 1.82) is 0 Å². The standard InChI is InChI=1S/C15H29NO2/c1-10-7-11(2)9-12(8-10)18-13(17)14(3,4)15(5,6)16/h10-12H,7-9,16H2,1-6H3. The molecule has 2 atom stereocenters. The lowest BCUT2D eigenvalue weighted by atomic mass is 9.75. The zero-order chi connectivity index (χ0) is 14.1. The van der Waals surface area contributed by atoms with E-state index in [0.29, 0.717) is 11.8 Å². The van der Waals surface area contributed by atoms with Crippen LogP contribution in [0.5, 0.6) is 0 Å². The van der Waals surface area contributed by atoms with Crippen molar-refractivity contribution in [2.45, 2.75) is 72.4 Å². The van der Waals surface area contributed by atoms with Crippen molar-refractivity contribution in [3.8, 4) is 0 Å². The first kappa shape index (κ1) is 15.5.